The third-order valence-corrected chi connectivity index (χ3v) is 1.97. The van der Waals surface area contributed by atoms with Crippen LogP contribution in [0.3, 0.4) is 0 Å². The number of nitrogens with zero attached hydrogens (tertiary/aromatic N) is 3. The molecule has 1 amide bonds. The minimum absolute atomic E-state index is 0.398. The van der Waals surface area contributed by atoms with E-state index in [1.165, 1.54) is 11.8 Å². The van der Waals surface area contributed by atoms with Gasteiger partial charge in [-0.2, -0.15) is 5.10 Å². The van der Waals surface area contributed by atoms with Gasteiger partial charge in [-0.3, -0.25) is 14.3 Å². The van der Waals surface area contributed by atoms with Crippen LogP contribution < -0.4 is 0 Å². The van der Waals surface area contributed by atoms with Gasteiger partial charge in [0.2, 0.25) is 5.78 Å². The van der Waals surface area contributed by atoms with E-state index >= 15 is 0 Å². The van der Waals surface area contributed by atoms with Crippen molar-refractivity contribution < 1.29 is 9.59 Å². The zero-order chi connectivity index (χ0) is 10.7. The van der Waals surface area contributed by atoms with Gasteiger partial charge in [0.15, 0.2) is 0 Å². The minimum Gasteiger partial charge on any atom is -0.333 e. The fourth-order valence-electron chi connectivity index (χ4n) is 1.14. The lowest BCUT2D eigenvalue weighted by molar-refractivity contribution is -0.143. The summed E-state index contributed by atoms with van der Waals surface area (Å²) in [6.45, 7) is 1.66. The summed E-state index contributed by atoms with van der Waals surface area (Å²) in [5, 5.41) is 3.97. The SMILES string of the molecule is CC(=O)C(=O)N(C)Cc1ccnn1C. The number of carbonyl (C=O) groups excluding carboxylic acids is 2. The molecule has 0 aliphatic rings. The van der Waals surface area contributed by atoms with Crippen molar-refractivity contribution in [3.8, 4) is 0 Å². The average Bonchev–Trinajstić information content (AvgIpc) is 2.50. The van der Waals surface area contributed by atoms with E-state index in [1.807, 2.05) is 6.07 Å². The quantitative estimate of drug-likeness (QED) is 0.636. The Hall–Kier alpha value is -1.65. The van der Waals surface area contributed by atoms with Crippen molar-refractivity contribution in [2.24, 2.45) is 7.05 Å². The molecule has 0 N–H and O–H groups in total. The molecule has 0 aromatic carbocycles. The van der Waals surface area contributed by atoms with E-state index in [4.69, 9.17) is 0 Å². The molecule has 0 saturated carbocycles. The maximum absolute atomic E-state index is 11.2. The molecule has 0 atom stereocenters. The summed E-state index contributed by atoms with van der Waals surface area (Å²) in [5.41, 5.74) is 0.891. The molecule has 14 heavy (non-hydrogen) atoms. The van der Waals surface area contributed by atoms with Gasteiger partial charge in [-0.15, -0.1) is 0 Å². The van der Waals surface area contributed by atoms with Crippen LogP contribution in [0.5, 0.6) is 0 Å². The number of likely N-dealkylation sites (N-methyl/N-ethyl adjacent to an activating group) is 1. The maximum Gasteiger partial charge on any atom is 0.289 e. The Balaban J connectivity index is 2.66. The second kappa shape index (κ2) is 4.04. The zero-order valence-electron chi connectivity index (χ0n) is 8.52. The third kappa shape index (κ3) is 2.18. The van der Waals surface area contributed by atoms with Gasteiger partial charge < -0.3 is 4.90 Å². The lowest BCUT2D eigenvalue weighted by Gasteiger charge is -2.14. The Kier molecular flexibility index (Phi) is 3.01. The molecule has 0 spiro atoms. The fraction of sp³-hybridized carbons (Fsp3) is 0.444. The first kappa shape index (κ1) is 10.4. The molecule has 1 aromatic rings. The minimum atomic E-state index is -0.480. The number of hydrogen-bond donors (Lipinski definition) is 0. The summed E-state index contributed by atoms with van der Waals surface area (Å²) in [6.07, 6.45) is 1.65. The van der Waals surface area contributed by atoms with Gasteiger partial charge in [-0.25, -0.2) is 0 Å². The average molecular weight is 195 g/mol. The number of ketones is 1. The standard InChI is InChI=1S/C9H13N3O2/c1-7(13)9(14)11(2)6-8-4-5-10-12(8)3/h4-5H,6H2,1-3H3. The van der Waals surface area contributed by atoms with Crippen LogP contribution in [-0.2, 0) is 23.2 Å². The first-order valence-corrected chi connectivity index (χ1v) is 4.25. The van der Waals surface area contributed by atoms with E-state index in [0.29, 0.717) is 6.54 Å². The molecule has 0 aliphatic heterocycles. The topological polar surface area (TPSA) is 55.2 Å². The molecule has 1 rings (SSSR count). The fourth-order valence-corrected chi connectivity index (χ4v) is 1.14. The van der Waals surface area contributed by atoms with Crippen LogP contribution in [-0.4, -0.2) is 33.4 Å². The van der Waals surface area contributed by atoms with Gasteiger partial charge >= 0.3 is 0 Å². The summed E-state index contributed by atoms with van der Waals surface area (Å²) in [7, 11) is 3.39. The number of Topliss-reactive ketones (excluding diaryl/α,β-unsaturated/α-hetero) is 1. The van der Waals surface area contributed by atoms with Crippen molar-refractivity contribution in [1.82, 2.24) is 14.7 Å². The lowest BCUT2D eigenvalue weighted by atomic mass is 10.3. The van der Waals surface area contributed by atoms with E-state index in [1.54, 1.807) is 25.0 Å². The van der Waals surface area contributed by atoms with Gasteiger partial charge in [-0.05, 0) is 6.07 Å². The van der Waals surface area contributed by atoms with Crippen LogP contribution in [0.4, 0.5) is 0 Å². The van der Waals surface area contributed by atoms with Gasteiger partial charge in [0.05, 0.1) is 12.2 Å². The van der Waals surface area contributed by atoms with Crippen molar-refractivity contribution in [3.05, 3.63) is 18.0 Å². The molecule has 1 aromatic heterocycles. The summed E-state index contributed by atoms with van der Waals surface area (Å²) in [4.78, 5) is 23.4. The number of aryl methyl sites for hydroxylation is 1. The van der Waals surface area contributed by atoms with Gasteiger partial charge in [0.25, 0.3) is 5.91 Å². The molecule has 1 heterocycles. The first-order valence-electron chi connectivity index (χ1n) is 4.25. The number of aromatic nitrogens is 2. The highest BCUT2D eigenvalue weighted by molar-refractivity contribution is 6.34. The number of carbonyl (C=O) groups is 2. The van der Waals surface area contributed by atoms with Crippen molar-refractivity contribution in [2.75, 3.05) is 7.05 Å². The van der Waals surface area contributed by atoms with Crippen molar-refractivity contribution in [2.45, 2.75) is 13.5 Å². The van der Waals surface area contributed by atoms with Crippen LogP contribution in [0.2, 0.25) is 0 Å². The molecular weight excluding hydrogens is 182 g/mol. The molecule has 0 bridgehead atoms. The molecular formula is C9H13N3O2. The highest BCUT2D eigenvalue weighted by Gasteiger charge is 2.14. The van der Waals surface area contributed by atoms with Crippen molar-refractivity contribution >= 4 is 11.7 Å². The largest absolute Gasteiger partial charge is 0.333 e. The van der Waals surface area contributed by atoms with Gasteiger partial charge in [0.1, 0.15) is 0 Å². The second-order valence-corrected chi connectivity index (χ2v) is 3.16. The van der Waals surface area contributed by atoms with Crippen LogP contribution in [0.1, 0.15) is 12.6 Å². The van der Waals surface area contributed by atoms with E-state index in [-0.39, 0.29) is 0 Å². The van der Waals surface area contributed by atoms with Crippen LogP contribution in [0, 0.1) is 0 Å². The Labute approximate surface area is 82.3 Å². The van der Waals surface area contributed by atoms with Crippen LogP contribution in [0.15, 0.2) is 12.3 Å². The lowest BCUT2D eigenvalue weighted by Crippen LogP contribution is -2.31. The Morgan fingerprint density at radius 2 is 2.21 bits per heavy atom. The summed E-state index contributed by atoms with van der Waals surface area (Å²) in [6, 6.07) is 1.81. The van der Waals surface area contributed by atoms with Crippen molar-refractivity contribution in [3.63, 3.8) is 0 Å². The Bertz CT molecular complexity index is 357. The monoisotopic (exact) mass is 195 g/mol. The summed E-state index contributed by atoms with van der Waals surface area (Å²) in [5.74, 6) is -0.930. The highest BCUT2D eigenvalue weighted by atomic mass is 16.2. The number of amides is 1. The molecule has 0 saturated heterocycles. The molecule has 0 aliphatic carbocycles. The van der Waals surface area contributed by atoms with E-state index in [2.05, 4.69) is 5.10 Å². The first-order chi connectivity index (χ1) is 6.52. The predicted molar refractivity (Wildman–Crippen MR) is 50.4 cm³/mol. The molecule has 76 valence electrons. The summed E-state index contributed by atoms with van der Waals surface area (Å²) >= 11 is 0. The molecule has 0 radical (unpaired) electrons. The smallest absolute Gasteiger partial charge is 0.289 e. The second-order valence-electron chi connectivity index (χ2n) is 3.16. The Morgan fingerprint density at radius 3 is 2.64 bits per heavy atom. The van der Waals surface area contributed by atoms with Gasteiger partial charge in [-0.1, -0.05) is 0 Å². The normalized spacial score (nSPS) is 9.93. The van der Waals surface area contributed by atoms with Crippen LogP contribution in [0.25, 0.3) is 0 Å². The highest BCUT2D eigenvalue weighted by Crippen LogP contribution is 2.01. The third-order valence-electron chi connectivity index (χ3n) is 1.97. The predicted octanol–water partition coefficient (Wildman–Crippen LogP) is -0.0325. The molecule has 0 unspecified atom stereocenters. The number of rotatable bonds is 3. The van der Waals surface area contributed by atoms with Gasteiger partial charge in [0, 0.05) is 27.2 Å². The van der Waals surface area contributed by atoms with Crippen LogP contribution >= 0.6 is 0 Å². The van der Waals surface area contributed by atoms with E-state index < -0.39 is 11.7 Å². The van der Waals surface area contributed by atoms with E-state index in [9.17, 15) is 9.59 Å². The molecule has 5 nitrogen and oxygen atoms in total. The zero-order valence-corrected chi connectivity index (χ0v) is 8.52. The summed E-state index contributed by atoms with van der Waals surface area (Å²) < 4.78 is 1.67. The maximum atomic E-state index is 11.2. The molecule has 0 fully saturated rings. The van der Waals surface area contributed by atoms with E-state index in [0.717, 1.165) is 5.69 Å². The number of hydrogen-bond acceptors (Lipinski definition) is 3. The van der Waals surface area contributed by atoms with Crippen molar-refractivity contribution in [1.29, 1.82) is 0 Å². The Morgan fingerprint density at radius 1 is 1.57 bits per heavy atom. The molecule has 5 heteroatoms.